The first-order valence-electron chi connectivity index (χ1n) is 6.08. The molecule has 0 fully saturated rings. The van der Waals surface area contributed by atoms with E-state index >= 15 is 0 Å². The molecule has 0 aliphatic carbocycles. The summed E-state index contributed by atoms with van der Waals surface area (Å²) in [4.78, 5) is 0.789. The molecule has 2 N–H and O–H groups in total. The third-order valence-corrected chi connectivity index (χ3v) is 4.15. The molecule has 0 heterocycles. The molecular formula is C13H21NO3S. The van der Waals surface area contributed by atoms with Gasteiger partial charge in [-0.25, -0.2) is 0 Å². The number of benzene rings is 1. The number of ether oxygens (including phenoxy) is 1. The molecule has 0 aliphatic rings. The van der Waals surface area contributed by atoms with Gasteiger partial charge in [0.2, 0.25) is 0 Å². The normalized spacial score (nSPS) is 14.2. The predicted octanol–water partition coefficient (Wildman–Crippen LogP) is 1.16. The predicted molar refractivity (Wildman–Crippen MR) is 73.4 cm³/mol. The van der Waals surface area contributed by atoms with Gasteiger partial charge in [0.1, 0.15) is 5.75 Å². The van der Waals surface area contributed by atoms with Crippen LogP contribution < -0.4 is 10.1 Å². The molecule has 0 saturated heterocycles. The molecular weight excluding hydrogens is 250 g/mol. The van der Waals surface area contributed by atoms with Gasteiger partial charge in [-0.1, -0.05) is 6.92 Å². The smallest absolute Gasteiger partial charge is 0.118 e. The van der Waals surface area contributed by atoms with E-state index in [0.29, 0.717) is 12.2 Å². The monoisotopic (exact) mass is 271 g/mol. The second kappa shape index (κ2) is 8.24. The Kier molecular flexibility index (Phi) is 6.93. The first kappa shape index (κ1) is 15.1. The summed E-state index contributed by atoms with van der Waals surface area (Å²) in [5, 5.41) is 12.2. The van der Waals surface area contributed by atoms with Gasteiger partial charge in [0.25, 0.3) is 0 Å². The standard InChI is InChI=1S/C13H21NO3S/c1-3-14-11(8-9-15)10-18(16)13-6-4-12(17-2)5-7-13/h4-7,11,14-15H,3,8-10H2,1-2H3. The quantitative estimate of drug-likeness (QED) is 0.745. The molecule has 2 atom stereocenters. The second-order valence-corrected chi connectivity index (χ2v) is 5.45. The van der Waals surface area contributed by atoms with E-state index in [1.807, 2.05) is 31.2 Å². The van der Waals surface area contributed by atoms with E-state index in [-0.39, 0.29) is 12.6 Å². The SMILES string of the molecule is CCNC(CCO)CS(=O)c1ccc(OC)cc1. The van der Waals surface area contributed by atoms with Crippen LogP contribution in [0.4, 0.5) is 0 Å². The molecule has 102 valence electrons. The molecule has 18 heavy (non-hydrogen) atoms. The summed E-state index contributed by atoms with van der Waals surface area (Å²) in [5.41, 5.74) is 0. The lowest BCUT2D eigenvalue weighted by molar-refractivity contribution is 0.270. The van der Waals surface area contributed by atoms with Gasteiger partial charge < -0.3 is 15.2 Å². The molecule has 5 heteroatoms. The third-order valence-electron chi connectivity index (χ3n) is 2.65. The number of methoxy groups -OCH3 is 1. The van der Waals surface area contributed by atoms with Crippen molar-refractivity contribution in [2.24, 2.45) is 0 Å². The molecule has 0 radical (unpaired) electrons. The van der Waals surface area contributed by atoms with Crippen molar-refractivity contribution in [3.63, 3.8) is 0 Å². The number of hydrogen-bond acceptors (Lipinski definition) is 4. The zero-order valence-corrected chi connectivity index (χ0v) is 11.7. The van der Waals surface area contributed by atoms with Crippen molar-refractivity contribution in [1.82, 2.24) is 5.32 Å². The van der Waals surface area contributed by atoms with Crippen LogP contribution in [-0.4, -0.2) is 41.4 Å². The summed E-state index contributed by atoms with van der Waals surface area (Å²) in [7, 11) is 0.550. The minimum absolute atomic E-state index is 0.0861. The molecule has 2 unspecified atom stereocenters. The van der Waals surface area contributed by atoms with Crippen molar-refractivity contribution in [2.45, 2.75) is 24.3 Å². The highest BCUT2D eigenvalue weighted by atomic mass is 32.2. The van der Waals surface area contributed by atoms with Gasteiger partial charge in [-0.2, -0.15) is 0 Å². The largest absolute Gasteiger partial charge is 0.497 e. The van der Waals surface area contributed by atoms with Crippen LogP contribution in [0.2, 0.25) is 0 Å². The Labute approximate surface area is 111 Å². The van der Waals surface area contributed by atoms with Gasteiger partial charge in [-0.05, 0) is 37.2 Å². The lowest BCUT2D eigenvalue weighted by Gasteiger charge is -2.16. The zero-order valence-electron chi connectivity index (χ0n) is 10.9. The Bertz CT molecular complexity index is 361. The number of rotatable bonds is 8. The maximum absolute atomic E-state index is 12.2. The van der Waals surface area contributed by atoms with Gasteiger partial charge in [-0.3, -0.25) is 4.21 Å². The van der Waals surface area contributed by atoms with Crippen LogP contribution in [0, 0.1) is 0 Å². The summed E-state index contributed by atoms with van der Waals surface area (Å²) >= 11 is 0. The molecule has 0 aromatic heterocycles. The summed E-state index contributed by atoms with van der Waals surface area (Å²) in [5.74, 6) is 1.27. The van der Waals surface area contributed by atoms with E-state index in [9.17, 15) is 4.21 Å². The number of aliphatic hydroxyl groups is 1. The van der Waals surface area contributed by atoms with Crippen LogP contribution >= 0.6 is 0 Å². The maximum Gasteiger partial charge on any atom is 0.118 e. The number of nitrogens with one attached hydrogen (secondary N) is 1. The minimum atomic E-state index is -1.06. The summed E-state index contributed by atoms with van der Waals surface area (Å²) < 4.78 is 17.2. The number of aliphatic hydroxyl groups excluding tert-OH is 1. The van der Waals surface area contributed by atoms with E-state index < -0.39 is 10.8 Å². The van der Waals surface area contributed by atoms with Crippen LogP contribution in [0.15, 0.2) is 29.2 Å². The molecule has 0 aliphatic heterocycles. The highest BCUT2D eigenvalue weighted by molar-refractivity contribution is 7.85. The minimum Gasteiger partial charge on any atom is -0.497 e. The highest BCUT2D eigenvalue weighted by Gasteiger charge is 2.12. The van der Waals surface area contributed by atoms with Gasteiger partial charge in [0.15, 0.2) is 0 Å². The molecule has 0 bridgehead atoms. The fourth-order valence-electron chi connectivity index (χ4n) is 1.70. The molecule has 1 aromatic rings. The first-order valence-corrected chi connectivity index (χ1v) is 7.39. The van der Waals surface area contributed by atoms with Crippen molar-refractivity contribution in [3.8, 4) is 5.75 Å². The van der Waals surface area contributed by atoms with Gasteiger partial charge in [-0.15, -0.1) is 0 Å². The average molecular weight is 271 g/mol. The van der Waals surface area contributed by atoms with Gasteiger partial charge >= 0.3 is 0 Å². The fraction of sp³-hybridized carbons (Fsp3) is 0.538. The Balaban J connectivity index is 2.61. The van der Waals surface area contributed by atoms with E-state index in [1.54, 1.807) is 7.11 Å². The molecule has 1 rings (SSSR count). The van der Waals surface area contributed by atoms with E-state index in [0.717, 1.165) is 17.2 Å². The topological polar surface area (TPSA) is 58.6 Å². The lowest BCUT2D eigenvalue weighted by atomic mass is 10.2. The van der Waals surface area contributed by atoms with Crippen LogP contribution in [0.1, 0.15) is 13.3 Å². The summed E-state index contributed by atoms with van der Waals surface area (Å²) in [6.45, 7) is 2.92. The van der Waals surface area contributed by atoms with Crippen LogP contribution in [0.5, 0.6) is 5.75 Å². The molecule has 4 nitrogen and oxygen atoms in total. The second-order valence-electron chi connectivity index (χ2n) is 3.95. The molecule has 0 spiro atoms. The van der Waals surface area contributed by atoms with Crippen molar-refractivity contribution in [2.75, 3.05) is 26.0 Å². The van der Waals surface area contributed by atoms with Crippen LogP contribution in [0.3, 0.4) is 0 Å². The lowest BCUT2D eigenvalue weighted by Crippen LogP contribution is -2.34. The molecule has 1 aromatic carbocycles. The van der Waals surface area contributed by atoms with Gasteiger partial charge in [0.05, 0.1) is 17.9 Å². The van der Waals surface area contributed by atoms with E-state index in [1.165, 1.54) is 0 Å². The Morgan fingerprint density at radius 1 is 1.39 bits per heavy atom. The Morgan fingerprint density at radius 2 is 2.06 bits per heavy atom. The first-order chi connectivity index (χ1) is 8.71. The summed E-state index contributed by atoms with van der Waals surface area (Å²) in [6, 6.07) is 7.33. The Hall–Kier alpha value is -0.910. The van der Waals surface area contributed by atoms with Crippen molar-refractivity contribution in [1.29, 1.82) is 0 Å². The van der Waals surface area contributed by atoms with Crippen molar-refractivity contribution < 1.29 is 14.1 Å². The van der Waals surface area contributed by atoms with E-state index in [4.69, 9.17) is 9.84 Å². The van der Waals surface area contributed by atoms with Gasteiger partial charge in [0, 0.05) is 23.3 Å². The fourth-order valence-corrected chi connectivity index (χ4v) is 2.98. The highest BCUT2D eigenvalue weighted by Crippen LogP contribution is 2.15. The van der Waals surface area contributed by atoms with Crippen LogP contribution in [0.25, 0.3) is 0 Å². The van der Waals surface area contributed by atoms with E-state index in [2.05, 4.69) is 5.32 Å². The van der Waals surface area contributed by atoms with Crippen LogP contribution in [-0.2, 0) is 10.8 Å². The molecule has 0 saturated carbocycles. The van der Waals surface area contributed by atoms with Crippen molar-refractivity contribution >= 4 is 10.8 Å². The Morgan fingerprint density at radius 3 is 2.56 bits per heavy atom. The molecule has 0 amide bonds. The third kappa shape index (κ3) is 4.76. The number of hydrogen-bond donors (Lipinski definition) is 2. The maximum atomic E-state index is 12.2. The van der Waals surface area contributed by atoms with Crippen molar-refractivity contribution in [3.05, 3.63) is 24.3 Å². The zero-order chi connectivity index (χ0) is 13.4. The average Bonchev–Trinajstić information content (AvgIpc) is 2.39. The summed E-state index contributed by atoms with van der Waals surface area (Å²) in [6.07, 6.45) is 0.621.